The van der Waals surface area contributed by atoms with Crippen LogP contribution >= 0.6 is 11.3 Å². The SMILES string of the molecule is CS(=O)(=O)NC1CCN(c2nc(O)c(C(=Cc3ccc(C(F)(F)F)cc3C(F)(F)F)c3ccc4[nH]ncc4c3)s2)CC1. The van der Waals surface area contributed by atoms with Gasteiger partial charge in [-0.25, -0.2) is 13.1 Å². The third kappa shape index (κ3) is 6.55. The maximum Gasteiger partial charge on any atom is 0.417 e. The van der Waals surface area contributed by atoms with Crippen molar-refractivity contribution in [2.75, 3.05) is 24.2 Å². The molecular formula is C26H23F6N5O3S2. The number of anilines is 1. The summed E-state index contributed by atoms with van der Waals surface area (Å²) in [5.74, 6) is -0.467. The number of fused-ring (bicyclic) bond motifs is 1. The lowest BCUT2D eigenvalue weighted by Gasteiger charge is -2.31. The first-order valence-corrected chi connectivity index (χ1v) is 15.2. The number of aromatic hydroxyl groups is 1. The Labute approximate surface area is 239 Å². The molecule has 1 aliphatic heterocycles. The van der Waals surface area contributed by atoms with Gasteiger partial charge in [0.25, 0.3) is 0 Å². The first-order chi connectivity index (χ1) is 19.6. The molecule has 1 fully saturated rings. The summed E-state index contributed by atoms with van der Waals surface area (Å²) >= 11 is 1.00. The Bertz CT molecular complexity index is 1750. The molecule has 5 rings (SSSR count). The molecule has 4 aromatic rings. The summed E-state index contributed by atoms with van der Waals surface area (Å²) in [5, 5.41) is 18.6. The number of nitrogens with one attached hydrogen (secondary N) is 2. The number of alkyl halides is 6. The smallest absolute Gasteiger partial charge is 0.417 e. The number of H-pyrrole nitrogens is 1. The molecule has 0 spiro atoms. The maximum atomic E-state index is 14.0. The molecule has 3 N–H and O–H groups in total. The fourth-order valence-electron chi connectivity index (χ4n) is 4.75. The highest BCUT2D eigenvalue weighted by Crippen LogP contribution is 2.43. The normalized spacial score (nSPS) is 16.0. The average molecular weight is 632 g/mol. The van der Waals surface area contributed by atoms with Crippen molar-refractivity contribution in [1.82, 2.24) is 19.9 Å². The summed E-state index contributed by atoms with van der Waals surface area (Å²) in [6.45, 7) is 0.799. The number of nitrogens with zero attached hydrogens (tertiary/aromatic N) is 3. The predicted octanol–water partition coefficient (Wildman–Crippen LogP) is 5.87. The maximum absolute atomic E-state index is 14.0. The molecule has 2 aromatic carbocycles. The predicted molar refractivity (Wildman–Crippen MR) is 147 cm³/mol. The first-order valence-electron chi connectivity index (χ1n) is 12.4. The molecule has 1 aliphatic rings. The van der Waals surface area contributed by atoms with Crippen molar-refractivity contribution in [3.8, 4) is 5.88 Å². The number of halogens is 6. The third-order valence-corrected chi connectivity index (χ3v) is 8.63. The molecule has 0 atom stereocenters. The molecule has 2 aromatic heterocycles. The van der Waals surface area contributed by atoms with Crippen LogP contribution in [0.4, 0.5) is 31.5 Å². The van der Waals surface area contributed by atoms with Gasteiger partial charge in [-0.2, -0.15) is 36.4 Å². The molecule has 0 bridgehead atoms. The summed E-state index contributed by atoms with van der Waals surface area (Å²) in [4.78, 5) is 6.16. The van der Waals surface area contributed by atoms with Crippen molar-refractivity contribution < 1.29 is 39.9 Å². The van der Waals surface area contributed by atoms with Gasteiger partial charge in [0.15, 0.2) is 5.13 Å². The summed E-state index contributed by atoms with van der Waals surface area (Å²) in [6.07, 6.45) is -5.50. The molecule has 224 valence electrons. The van der Waals surface area contributed by atoms with Gasteiger partial charge in [-0.1, -0.05) is 23.5 Å². The van der Waals surface area contributed by atoms with Gasteiger partial charge in [0.2, 0.25) is 15.9 Å². The average Bonchev–Trinajstić information content (AvgIpc) is 3.51. The van der Waals surface area contributed by atoms with Crippen molar-refractivity contribution in [3.05, 3.63) is 69.7 Å². The van der Waals surface area contributed by atoms with Gasteiger partial charge in [0, 0.05) is 30.1 Å². The van der Waals surface area contributed by atoms with Crippen LogP contribution in [0.15, 0.2) is 42.6 Å². The van der Waals surface area contributed by atoms with E-state index >= 15 is 0 Å². The Balaban J connectivity index is 1.59. The van der Waals surface area contributed by atoms with E-state index in [1.165, 1.54) is 6.20 Å². The van der Waals surface area contributed by atoms with E-state index in [2.05, 4.69) is 19.9 Å². The van der Waals surface area contributed by atoms with Crippen molar-refractivity contribution in [3.63, 3.8) is 0 Å². The van der Waals surface area contributed by atoms with Gasteiger partial charge in [-0.3, -0.25) is 5.10 Å². The highest BCUT2D eigenvalue weighted by Gasteiger charge is 2.38. The van der Waals surface area contributed by atoms with Crippen LogP contribution in [0.5, 0.6) is 5.88 Å². The van der Waals surface area contributed by atoms with E-state index < -0.39 is 44.9 Å². The Morgan fingerprint density at radius 2 is 1.81 bits per heavy atom. The molecule has 16 heteroatoms. The molecule has 0 aliphatic carbocycles. The minimum Gasteiger partial charge on any atom is -0.492 e. The standard InChI is InChI=1S/C26H23F6N5O3S2/c1-42(39,40)36-18-6-8-37(9-7-18)24-34-23(38)22(41-24)19(14-3-5-21-16(10-14)13-33-35-21)11-15-2-4-17(25(27,28)29)12-20(15)26(30,31)32/h2-5,10-13,18,36,38H,6-9H2,1H3,(H,33,35). The van der Waals surface area contributed by atoms with Gasteiger partial charge in [-0.15, -0.1) is 0 Å². The summed E-state index contributed by atoms with van der Waals surface area (Å²) in [7, 11) is -3.39. The lowest BCUT2D eigenvalue weighted by Crippen LogP contribution is -2.44. The monoisotopic (exact) mass is 631 g/mol. The van der Waals surface area contributed by atoms with Crippen LogP contribution in [-0.4, -0.2) is 54.1 Å². The quantitative estimate of drug-likeness (QED) is 0.181. The molecule has 0 amide bonds. The lowest BCUT2D eigenvalue weighted by atomic mass is 9.96. The van der Waals surface area contributed by atoms with Crippen molar-refractivity contribution in [1.29, 1.82) is 0 Å². The van der Waals surface area contributed by atoms with Crippen LogP contribution in [0.1, 0.15) is 40.0 Å². The van der Waals surface area contributed by atoms with E-state index in [0.717, 1.165) is 29.7 Å². The van der Waals surface area contributed by atoms with Gasteiger partial charge in [0.1, 0.15) is 4.88 Å². The number of benzene rings is 2. The molecule has 42 heavy (non-hydrogen) atoms. The van der Waals surface area contributed by atoms with Crippen LogP contribution in [-0.2, 0) is 22.4 Å². The van der Waals surface area contributed by atoms with E-state index in [4.69, 9.17) is 0 Å². The van der Waals surface area contributed by atoms with Crippen LogP contribution < -0.4 is 9.62 Å². The van der Waals surface area contributed by atoms with Gasteiger partial charge in [0.05, 0.1) is 29.1 Å². The Kier molecular flexibility index (Phi) is 7.74. The van der Waals surface area contributed by atoms with Crippen molar-refractivity contribution in [2.45, 2.75) is 31.2 Å². The number of rotatable bonds is 6. The molecular weight excluding hydrogens is 608 g/mol. The van der Waals surface area contributed by atoms with Crippen LogP contribution in [0.2, 0.25) is 0 Å². The zero-order chi connectivity index (χ0) is 30.4. The molecule has 3 heterocycles. The first kappa shape index (κ1) is 29.8. The molecule has 0 saturated carbocycles. The number of piperidine rings is 1. The molecule has 0 radical (unpaired) electrons. The number of sulfonamides is 1. The fourth-order valence-corrected chi connectivity index (χ4v) is 6.64. The minimum atomic E-state index is -5.10. The number of aromatic nitrogens is 3. The van der Waals surface area contributed by atoms with Crippen LogP contribution in [0.3, 0.4) is 0 Å². The molecule has 1 saturated heterocycles. The summed E-state index contributed by atoms with van der Waals surface area (Å²) < 4.78 is 107. The zero-order valence-corrected chi connectivity index (χ0v) is 23.3. The van der Waals surface area contributed by atoms with E-state index in [0.29, 0.717) is 53.6 Å². The Hall–Kier alpha value is -3.63. The van der Waals surface area contributed by atoms with Crippen LogP contribution in [0, 0.1) is 0 Å². The second-order valence-corrected chi connectivity index (χ2v) is 12.6. The van der Waals surface area contributed by atoms with Crippen molar-refractivity contribution in [2.24, 2.45) is 0 Å². The summed E-state index contributed by atoms with van der Waals surface area (Å²) in [5.41, 5.74) is -2.33. The highest BCUT2D eigenvalue weighted by molar-refractivity contribution is 7.88. The van der Waals surface area contributed by atoms with Gasteiger partial charge in [-0.05, 0) is 54.3 Å². The number of thiazole rings is 1. The second kappa shape index (κ2) is 10.9. The number of hydrogen-bond donors (Lipinski definition) is 3. The Morgan fingerprint density at radius 1 is 1.10 bits per heavy atom. The minimum absolute atomic E-state index is 0.0649. The Morgan fingerprint density at radius 3 is 2.45 bits per heavy atom. The second-order valence-electron chi connectivity index (χ2n) is 9.83. The van der Waals surface area contributed by atoms with Crippen molar-refractivity contribution >= 4 is 49.0 Å². The van der Waals surface area contributed by atoms with E-state index in [9.17, 15) is 39.9 Å². The van der Waals surface area contributed by atoms with E-state index in [-0.39, 0.29) is 22.6 Å². The lowest BCUT2D eigenvalue weighted by molar-refractivity contribution is -0.143. The highest BCUT2D eigenvalue weighted by atomic mass is 32.2. The largest absolute Gasteiger partial charge is 0.492 e. The summed E-state index contributed by atoms with van der Waals surface area (Å²) in [6, 6.07) is 5.97. The number of hydrogen-bond acceptors (Lipinski definition) is 7. The zero-order valence-electron chi connectivity index (χ0n) is 21.7. The van der Waals surface area contributed by atoms with Gasteiger partial charge < -0.3 is 10.0 Å². The van der Waals surface area contributed by atoms with Gasteiger partial charge >= 0.3 is 12.4 Å². The number of aromatic amines is 1. The molecule has 8 nitrogen and oxygen atoms in total. The topological polar surface area (TPSA) is 111 Å². The van der Waals surface area contributed by atoms with E-state index in [1.54, 1.807) is 18.2 Å². The van der Waals surface area contributed by atoms with E-state index in [1.807, 2.05) is 4.90 Å². The fraction of sp³-hybridized carbons (Fsp3) is 0.308. The van der Waals surface area contributed by atoms with Crippen LogP contribution in [0.25, 0.3) is 22.6 Å². The molecule has 0 unspecified atom stereocenters. The third-order valence-electron chi connectivity index (χ3n) is 6.73.